The maximum Gasteiger partial charge on any atom is 0.418 e. The first-order valence-electron chi connectivity index (χ1n) is 11.6. The van der Waals surface area contributed by atoms with E-state index >= 15 is 0 Å². The van der Waals surface area contributed by atoms with Crippen molar-refractivity contribution in [3.63, 3.8) is 0 Å². The Kier molecular flexibility index (Phi) is 6.86. The fourth-order valence-corrected chi connectivity index (χ4v) is 5.14. The van der Waals surface area contributed by atoms with Gasteiger partial charge in [0.05, 0.1) is 24.5 Å². The summed E-state index contributed by atoms with van der Waals surface area (Å²) in [6, 6.07) is 4.53. The molecule has 3 aliphatic rings. The van der Waals surface area contributed by atoms with Crippen LogP contribution < -0.4 is 10.6 Å². The second-order valence-corrected chi connectivity index (χ2v) is 9.41. The fraction of sp³-hybridized carbons (Fsp3) is 0.609. The van der Waals surface area contributed by atoms with Crippen LogP contribution in [0.5, 0.6) is 0 Å². The van der Waals surface area contributed by atoms with E-state index in [-0.39, 0.29) is 36.8 Å². The van der Waals surface area contributed by atoms with Gasteiger partial charge in [0.15, 0.2) is 0 Å². The first-order valence-corrected chi connectivity index (χ1v) is 11.6. The van der Waals surface area contributed by atoms with Crippen LogP contribution in [0.1, 0.15) is 38.2 Å². The minimum absolute atomic E-state index is 0.0379. The van der Waals surface area contributed by atoms with Gasteiger partial charge in [-0.2, -0.15) is 13.2 Å². The largest absolute Gasteiger partial charge is 0.418 e. The van der Waals surface area contributed by atoms with Crippen molar-refractivity contribution >= 4 is 23.5 Å². The van der Waals surface area contributed by atoms with E-state index in [4.69, 9.17) is 0 Å². The molecule has 0 bridgehead atoms. The predicted molar refractivity (Wildman–Crippen MR) is 119 cm³/mol. The third-order valence-electron chi connectivity index (χ3n) is 7.18. The summed E-state index contributed by atoms with van der Waals surface area (Å²) in [5, 5.41) is 5.31. The summed E-state index contributed by atoms with van der Waals surface area (Å²) in [7, 11) is 0. The first-order chi connectivity index (χ1) is 16.1. The number of carbonyl (C=O) groups excluding carboxylic acids is 3. The van der Waals surface area contributed by atoms with Gasteiger partial charge in [-0.15, -0.1) is 0 Å². The van der Waals surface area contributed by atoms with Crippen LogP contribution >= 0.6 is 0 Å². The lowest BCUT2D eigenvalue weighted by Gasteiger charge is -2.38. The Morgan fingerprint density at radius 1 is 1.12 bits per heavy atom. The topological polar surface area (TPSA) is 85.0 Å². The molecule has 2 heterocycles. The number of hydrogen-bond donors (Lipinski definition) is 2. The zero-order valence-corrected chi connectivity index (χ0v) is 19.2. The number of para-hydroxylation sites is 1. The zero-order valence-electron chi connectivity index (χ0n) is 19.2. The van der Waals surface area contributed by atoms with Crippen molar-refractivity contribution < 1.29 is 27.6 Å². The Hall–Kier alpha value is -2.66. The molecule has 1 spiro atoms. The highest BCUT2D eigenvalue weighted by Crippen LogP contribution is 2.38. The SMILES string of the molecule is C[C@@H]1CCCC[C@@]12NC(=O)N(CN1CCN(CC(=O)Nc3ccccc3C(F)(F)F)CC1)C2=O. The number of halogens is 3. The summed E-state index contributed by atoms with van der Waals surface area (Å²) in [4.78, 5) is 43.2. The molecular formula is C23H30F3N5O3. The van der Waals surface area contributed by atoms with Gasteiger partial charge in [0.25, 0.3) is 5.91 Å². The number of alkyl halides is 3. The van der Waals surface area contributed by atoms with E-state index in [0.29, 0.717) is 32.6 Å². The van der Waals surface area contributed by atoms with Crippen molar-refractivity contribution in [3.05, 3.63) is 29.8 Å². The Morgan fingerprint density at radius 3 is 2.47 bits per heavy atom. The minimum Gasteiger partial charge on any atom is -0.324 e. The van der Waals surface area contributed by atoms with Crippen LogP contribution in [-0.4, -0.2) is 77.5 Å². The van der Waals surface area contributed by atoms with Gasteiger partial charge in [0, 0.05) is 26.2 Å². The van der Waals surface area contributed by atoms with Gasteiger partial charge in [-0.1, -0.05) is 31.9 Å². The van der Waals surface area contributed by atoms with Crippen LogP contribution in [0.3, 0.4) is 0 Å². The van der Waals surface area contributed by atoms with Gasteiger partial charge >= 0.3 is 12.2 Å². The highest BCUT2D eigenvalue weighted by molar-refractivity contribution is 6.07. The van der Waals surface area contributed by atoms with E-state index in [1.807, 2.05) is 16.7 Å². The summed E-state index contributed by atoms with van der Waals surface area (Å²) in [5.74, 6) is -0.581. The van der Waals surface area contributed by atoms with Gasteiger partial charge in [-0.05, 0) is 30.9 Å². The van der Waals surface area contributed by atoms with Crippen molar-refractivity contribution in [3.8, 4) is 0 Å². The smallest absolute Gasteiger partial charge is 0.324 e. The number of piperazine rings is 1. The molecule has 186 valence electrons. The van der Waals surface area contributed by atoms with E-state index < -0.39 is 23.2 Å². The molecule has 2 N–H and O–H groups in total. The summed E-state index contributed by atoms with van der Waals surface area (Å²) in [6.07, 6.45) is -1.01. The third-order valence-corrected chi connectivity index (χ3v) is 7.18. The Balaban J connectivity index is 1.28. The van der Waals surface area contributed by atoms with Crippen molar-refractivity contribution in [2.75, 3.05) is 44.7 Å². The van der Waals surface area contributed by atoms with Crippen LogP contribution in [0.15, 0.2) is 24.3 Å². The van der Waals surface area contributed by atoms with Crippen LogP contribution in [0.4, 0.5) is 23.7 Å². The molecule has 11 heteroatoms. The normalized spacial score (nSPS) is 26.7. The summed E-state index contributed by atoms with van der Waals surface area (Å²) in [6.45, 7) is 4.23. The van der Waals surface area contributed by atoms with Crippen molar-refractivity contribution in [2.45, 2.75) is 44.3 Å². The number of hydrogen-bond acceptors (Lipinski definition) is 5. The lowest BCUT2D eigenvalue weighted by molar-refractivity contribution is -0.137. The van der Waals surface area contributed by atoms with Gasteiger partial charge in [0.2, 0.25) is 5.91 Å². The first kappa shape index (κ1) is 24.5. The lowest BCUT2D eigenvalue weighted by Crippen LogP contribution is -2.55. The van der Waals surface area contributed by atoms with E-state index in [9.17, 15) is 27.6 Å². The van der Waals surface area contributed by atoms with E-state index in [1.165, 1.54) is 23.1 Å². The molecule has 8 nitrogen and oxygen atoms in total. The third kappa shape index (κ3) is 4.90. The van der Waals surface area contributed by atoms with E-state index in [1.54, 1.807) is 0 Å². The molecule has 2 aliphatic heterocycles. The molecule has 0 radical (unpaired) electrons. The highest BCUT2D eigenvalue weighted by Gasteiger charge is 2.55. The van der Waals surface area contributed by atoms with Crippen molar-refractivity contribution in [1.29, 1.82) is 0 Å². The van der Waals surface area contributed by atoms with Gasteiger partial charge in [-0.3, -0.25) is 19.4 Å². The molecule has 4 amide bonds. The molecule has 0 aromatic heterocycles. The van der Waals surface area contributed by atoms with Gasteiger partial charge < -0.3 is 10.6 Å². The molecule has 2 saturated heterocycles. The van der Waals surface area contributed by atoms with Crippen LogP contribution in [0.2, 0.25) is 0 Å². The standard InChI is InChI=1S/C23H30F3N5O3/c1-16-6-4-5-9-22(16)20(33)31(21(34)28-22)15-30-12-10-29(11-13-30)14-19(32)27-18-8-3-2-7-17(18)23(24,25)26/h2-3,7-8,16H,4-6,9-15H2,1H3,(H,27,32)(H,28,34)/t16-,22-/m1/s1. The molecule has 1 aliphatic carbocycles. The maximum absolute atomic E-state index is 13.1. The van der Waals surface area contributed by atoms with Crippen LogP contribution in [0, 0.1) is 5.92 Å². The fourth-order valence-electron chi connectivity index (χ4n) is 5.14. The van der Waals surface area contributed by atoms with Gasteiger partial charge in [0.1, 0.15) is 5.54 Å². The molecule has 1 aromatic carbocycles. The average molecular weight is 482 g/mol. The Labute approximate surface area is 196 Å². The quantitative estimate of drug-likeness (QED) is 0.632. The molecule has 4 rings (SSSR count). The summed E-state index contributed by atoms with van der Waals surface area (Å²) < 4.78 is 39.4. The monoisotopic (exact) mass is 481 g/mol. The number of nitrogens with one attached hydrogen (secondary N) is 2. The van der Waals surface area contributed by atoms with Crippen molar-refractivity contribution in [1.82, 2.24) is 20.0 Å². The van der Waals surface area contributed by atoms with Crippen molar-refractivity contribution in [2.24, 2.45) is 5.92 Å². The van der Waals surface area contributed by atoms with Crippen LogP contribution in [0.25, 0.3) is 0 Å². The van der Waals surface area contributed by atoms with Crippen LogP contribution in [-0.2, 0) is 15.8 Å². The molecule has 0 unspecified atom stereocenters. The molecule has 34 heavy (non-hydrogen) atoms. The Morgan fingerprint density at radius 2 is 1.79 bits per heavy atom. The van der Waals surface area contributed by atoms with Gasteiger partial charge in [-0.25, -0.2) is 9.69 Å². The molecule has 1 saturated carbocycles. The highest BCUT2D eigenvalue weighted by atomic mass is 19.4. The number of amides is 4. The number of urea groups is 1. The molecular weight excluding hydrogens is 451 g/mol. The molecule has 2 atom stereocenters. The zero-order chi connectivity index (χ0) is 24.5. The Bertz CT molecular complexity index is 948. The summed E-state index contributed by atoms with van der Waals surface area (Å²) >= 11 is 0. The lowest BCUT2D eigenvalue weighted by atomic mass is 9.73. The maximum atomic E-state index is 13.1. The molecule has 3 fully saturated rings. The number of rotatable bonds is 5. The minimum atomic E-state index is -4.55. The predicted octanol–water partition coefficient (Wildman–Crippen LogP) is 2.72. The van der Waals surface area contributed by atoms with E-state index in [0.717, 1.165) is 25.3 Å². The number of anilines is 1. The second-order valence-electron chi connectivity index (χ2n) is 9.41. The average Bonchev–Trinajstić information content (AvgIpc) is 3.01. The number of nitrogens with zero attached hydrogens (tertiary/aromatic N) is 3. The number of benzene rings is 1. The summed E-state index contributed by atoms with van der Waals surface area (Å²) in [5.41, 5.74) is -1.93. The van der Waals surface area contributed by atoms with E-state index in [2.05, 4.69) is 10.6 Å². The second kappa shape index (κ2) is 9.53. The molecule has 1 aromatic rings. The number of imide groups is 1. The number of carbonyl (C=O) groups is 3.